The van der Waals surface area contributed by atoms with Gasteiger partial charge in [0.05, 0.1) is 31.6 Å². The van der Waals surface area contributed by atoms with Gasteiger partial charge in [0.2, 0.25) is 0 Å². The summed E-state index contributed by atoms with van der Waals surface area (Å²) in [4.78, 5) is 2.32. The highest BCUT2D eigenvalue weighted by Gasteiger charge is 2.19. The average molecular weight is 325 g/mol. The zero-order valence-corrected chi connectivity index (χ0v) is 14.1. The Hall–Kier alpha value is -2.69. The molecule has 1 fully saturated rings. The Morgan fingerprint density at radius 1 is 1.00 bits per heavy atom. The lowest BCUT2D eigenvalue weighted by atomic mass is 10.1. The Morgan fingerprint density at radius 2 is 1.67 bits per heavy atom. The number of hydrogen-bond donors (Lipinski definition) is 1. The maximum absolute atomic E-state index is 9.94. The van der Waals surface area contributed by atoms with Crippen LogP contribution in [0.3, 0.4) is 0 Å². The Morgan fingerprint density at radius 3 is 2.38 bits per heavy atom. The van der Waals surface area contributed by atoms with Crippen LogP contribution in [-0.4, -0.2) is 49.1 Å². The predicted octanol–water partition coefficient (Wildman–Crippen LogP) is 2.95. The van der Waals surface area contributed by atoms with E-state index in [4.69, 9.17) is 4.74 Å². The molecule has 1 aliphatic heterocycles. The minimum atomic E-state index is 0.270. The van der Waals surface area contributed by atoms with Crippen LogP contribution in [0.2, 0.25) is 0 Å². The highest BCUT2D eigenvalue weighted by atomic mass is 16.5. The summed E-state index contributed by atoms with van der Waals surface area (Å²) in [7, 11) is 1.70. The molecule has 126 valence electrons. The van der Waals surface area contributed by atoms with E-state index in [1.54, 1.807) is 13.2 Å². The smallest absolute Gasteiger partial charge is 0.142 e. The molecule has 0 bridgehead atoms. The summed E-state index contributed by atoms with van der Waals surface area (Å²) >= 11 is 0. The molecule has 0 unspecified atom stereocenters. The van der Waals surface area contributed by atoms with E-state index in [2.05, 4.69) is 21.1 Å². The molecule has 24 heavy (non-hydrogen) atoms. The van der Waals surface area contributed by atoms with E-state index < -0.39 is 0 Å². The van der Waals surface area contributed by atoms with E-state index in [9.17, 15) is 5.11 Å². The molecule has 1 N–H and O–H groups in total. The summed E-state index contributed by atoms with van der Waals surface area (Å²) in [5.74, 6) is 1.17. The molecule has 3 rings (SSSR count). The number of hydrazone groups is 1. The number of phenolic OH excluding ortho intramolecular Hbond substituents is 1. The number of para-hydroxylation sites is 3. The lowest BCUT2D eigenvalue weighted by Crippen LogP contribution is -2.44. The first-order chi connectivity index (χ1) is 11.7. The van der Waals surface area contributed by atoms with E-state index in [1.165, 1.54) is 0 Å². The second kappa shape index (κ2) is 7.25. The van der Waals surface area contributed by atoms with E-state index in [1.807, 2.05) is 43.3 Å². The van der Waals surface area contributed by atoms with Crippen molar-refractivity contribution in [2.24, 2.45) is 5.10 Å². The third kappa shape index (κ3) is 3.45. The Bertz CT molecular complexity index is 722. The van der Waals surface area contributed by atoms with Crippen LogP contribution >= 0.6 is 0 Å². The maximum atomic E-state index is 9.94. The number of anilines is 1. The molecule has 2 aromatic rings. The molecule has 0 amide bonds. The number of piperazine rings is 1. The molecular formula is C19H23N3O2. The summed E-state index contributed by atoms with van der Waals surface area (Å²) in [5.41, 5.74) is 2.74. The SMILES string of the molecule is COc1ccccc1N1CCN(/N=C(\C)c2ccccc2O)CC1. The van der Waals surface area contributed by atoms with E-state index >= 15 is 0 Å². The van der Waals surface area contributed by atoms with Crippen LogP contribution in [0.1, 0.15) is 12.5 Å². The van der Waals surface area contributed by atoms with Gasteiger partial charge in [0.1, 0.15) is 11.5 Å². The minimum Gasteiger partial charge on any atom is -0.507 e. The van der Waals surface area contributed by atoms with Crippen molar-refractivity contribution in [1.82, 2.24) is 5.01 Å². The number of hydrogen-bond acceptors (Lipinski definition) is 5. The van der Waals surface area contributed by atoms with Gasteiger partial charge in [0.25, 0.3) is 0 Å². The molecule has 0 aliphatic carbocycles. The summed E-state index contributed by atoms with van der Waals surface area (Å²) in [5, 5.41) is 16.7. The van der Waals surface area contributed by atoms with Gasteiger partial charge < -0.3 is 14.7 Å². The van der Waals surface area contributed by atoms with Crippen molar-refractivity contribution in [2.75, 3.05) is 38.2 Å². The first-order valence-electron chi connectivity index (χ1n) is 8.15. The summed E-state index contributed by atoms with van der Waals surface area (Å²) in [6, 6.07) is 15.4. The number of benzene rings is 2. The van der Waals surface area contributed by atoms with Crippen LogP contribution in [0.4, 0.5) is 5.69 Å². The average Bonchev–Trinajstić information content (AvgIpc) is 2.62. The van der Waals surface area contributed by atoms with Crippen molar-refractivity contribution in [3.63, 3.8) is 0 Å². The Balaban J connectivity index is 1.67. The molecule has 0 aromatic heterocycles. The van der Waals surface area contributed by atoms with Crippen LogP contribution in [0, 0.1) is 0 Å². The molecule has 1 saturated heterocycles. The van der Waals surface area contributed by atoms with Gasteiger partial charge in [-0.2, -0.15) is 5.10 Å². The molecule has 5 heteroatoms. The van der Waals surface area contributed by atoms with Gasteiger partial charge in [-0.05, 0) is 31.2 Å². The first kappa shape index (κ1) is 16.2. The highest BCUT2D eigenvalue weighted by molar-refractivity contribution is 6.00. The zero-order chi connectivity index (χ0) is 16.9. The summed E-state index contributed by atoms with van der Waals surface area (Å²) in [6.07, 6.45) is 0. The van der Waals surface area contributed by atoms with Gasteiger partial charge in [-0.1, -0.05) is 24.3 Å². The third-order valence-electron chi connectivity index (χ3n) is 4.27. The standard InChI is InChI=1S/C19H23N3O2/c1-15(16-7-3-5-9-18(16)23)20-22-13-11-21(12-14-22)17-8-4-6-10-19(17)24-2/h3-10,23H,11-14H2,1-2H3/b20-15+. The van der Waals surface area contributed by atoms with Gasteiger partial charge in [-0.15, -0.1) is 0 Å². The number of ether oxygens (including phenoxy) is 1. The van der Waals surface area contributed by atoms with Gasteiger partial charge in [0, 0.05) is 18.7 Å². The fourth-order valence-corrected chi connectivity index (χ4v) is 2.97. The number of methoxy groups -OCH3 is 1. The molecule has 0 spiro atoms. The van der Waals surface area contributed by atoms with Crippen molar-refractivity contribution in [3.05, 3.63) is 54.1 Å². The van der Waals surface area contributed by atoms with Crippen molar-refractivity contribution >= 4 is 11.4 Å². The van der Waals surface area contributed by atoms with Gasteiger partial charge >= 0.3 is 0 Å². The molecule has 1 aliphatic rings. The Kier molecular flexibility index (Phi) is 4.89. The van der Waals surface area contributed by atoms with E-state index in [-0.39, 0.29) is 5.75 Å². The topological polar surface area (TPSA) is 48.3 Å². The van der Waals surface area contributed by atoms with Crippen LogP contribution in [0.5, 0.6) is 11.5 Å². The van der Waals surface area contributed by atoms with Gasteiger partial charge in [-0.25, -0.2) is 0 Å². The van der Waals surface area contributed by atoms with E-state index in [0.29, 0.717) is 0 Å². The minimum absolute atomic E-state index is 0.270. The summed E-state index contributed by atoms with van der Waals surface area (Å²) in [6.45, 7) is 5.38. The summed E-state index contributed by atoms with van der Waals surface area (Å²) < 4.78 is 5.45. The van der Waals surface area contributed by atoms with Gasteiger partial charge in [-0.3, -0.25) is 5.01 Å². The third-order valence-corrected chi connectivity index (χ3v) is 4.27. The van der Waals surface area contributed by atoms with E-state index in [0.717, 1.165) is 48.9 Å². The quantitative estimate of drug-likeness (QED) is 0.878. The number of phenols is 1. The maximum Gasteiger partial charge on any atom is 0.142 e. The molecule has 1 heterocycles. The lowest BCUT2D eigenvalue weighted by molar-refractivity contribution is 0.269. The molecular weight excluding hydrogens is 302 g/mol. The second-order valence-electron chi connectivity index (χ2n) is 5.82. The normalized spacial score (nSPS) is 15.5. The van der Waals surface area contributed by atoms with Crippen molar-refractivity contribution in [2.45, 2.75) is 6.92 Å². The number of nitrogens with zero attached hydrogens (tertiary/aromatic N) is 3. The van der Waals surface area contributed by atoms with Crippen molar-refractivity contribution < 1.29 is 9.84 Å². The molecule has 0 radical (unpaired) electrons. The Labute approximate surface area is 142 Å². The van der Waals surface area contributed by atoms with Crippen LogP contribution in [0.15, 0.2) is 53.6 Å². The number of aromatic hydroxyl groups is 1. The fourth-order valence-electron chi connectivity index (χ4n) is 2.97. The van der Waals surface area contributed by atoms with Gasteiger partial charge in [0.15, 0.2) is 0 Å². The molecule has 2 aromatic carbocycles. The number of rotatable bonds is 4. The van der Waals surface area contributed by atoms with Crippen LogP contribution in [0.25, 0.3) is 0 Å². The first-order valence-corrected chi connectivity index (χ1v) is 8.15. The predicted molar refractivity (Wildman–Crippen MR) is 97.1 cm³/mol. The zero-order valence-electron chi connectivity index (χ0n) is 14.1. The largest absolute Gasteiger partial charge is 0.507 e. The second-order valence-corrected chi connectivity index (χ2v) is 5.82. The molecule has 5 nitrogen and oxygen atoms in total. The van der Waals surface area contributed by atoms with Crippen LogP contribution in [-0.2, 0) is 0 Å². The molecule has 0 saturated carbocycles. The van der Waals surface area contributed by atoms with Crippen molar-refractivity contribution in [1.29, 1.82) is 0 Å². The fraction of sp³-hybridized carbons (Fsp3) is 0.316. The lowest BCUT2D eigenvalue weighted by Gasteiger charge is -2.35. The monoisotopic (exact) mass is 325 g/mol. The van der Waals surface area contributed by atoms with Crippen molar-refractivity contribution in [3.8, 4) is 11.5 Å². The molecule has 0 atom stereocenters. The van der Waals surface area contributed by atoms with Crippen LogP contribution < -0.4 is 9.64 Å². The highest BCUT2D eigenvalue weighted by Crippen LogP contribution is 2.28.